The standard InChI is InChI=1S/C54H77N11O13/c1-5-7-11-21-38(48(72)56-4)60-46(71)31-59-49(73)39(20-8-6-2)62-53(77)43(32-66)61-45(70)30-57-44(69)29-58-50(74)40(28-36-22-24-37(68)25-23-36)63-51(75)41(26-34-16-12-9-13-17-34)64-52(76)42(27-35-18-14-10-15-19-35)65-54(78)47(55)33(3)67/h9-10,12-19,22-25,33,38-43,47,66-68H,5-8,11,20-21,26-32,55H2,1-4H3,(H,56,72)(H,57,69)(H,58,74)(H,59,73)(H,60,71)(H,61,70)(H,62,77)(H,63,75)(H,64,76)(H,65,78). The Morgan fingerprint density at radius 1 is 0.462 bits per heavy atom. The molecule has 0 radical (unpaired) electrons. The molecule has 0 aliphatic carbocycles. The van der Waals surface area contributed by atoms with Gasteiger partial charge in [0.25, 0.3) is 0 Å². The number of phenols is 1. The van der Waals surface area contributed by atoms with Gasteiger partial charge < -0.3 is 74.2 Å². The minimum absolute atomic E-state index is 0.0229. The van der Waals surface area contributed by atoms with Gasteiger partial charge in [-0.3, -0.25) is 47.9 Å². The third kappa shape index (κ3) is 23.5. The molecule has 8 atom stereocenters. The van der Waals surface area contributed by atoms with Crippen LogP contribution in [0.2, 0.25) is 0 Å². The molecule has 0 saturated heterocycles. The van der Waals surface area contributed by atoms with E-state index in [1.165, 1.54) is 38.2 Å². The zero-order chi connectivity index (χ0) is 57.6. The van der Waals surface area contributed by atoms with Crippen LogP contribution in [0.3, 0.4) is 0 Å². The van der Waals surface area contributed by atoms with E-state index in [1.807, 2.05) is 13.8 Å². The largest absolute Gasteiger partial charge is 0.508 e. The molecule has 0 bridgehead atoms. The van der Waals surface area contributed by atoms with Gasteiger partial charge in [-0.15, -0.1) is 0 Å². The van der Waals surface area contributed by atoms with Crippen molar-refractivity contribution in [1.82, 2.24) is 53.2 Å². The van der Waals surface area contributed by atoms with Gasteiger partial charge in [0.1, 0.15) is 48.0 Å². The van der Waals surface area contributed by atoms with E-state index in [-0.39, 0.29) is 37.3 Å². The van der Waals surface area contributed by atoms with Crippen molar-refractivity contribution in [3.63, 3.8) is 0 Å². The predicted octanol–water partition coefficient (Wildman–Crippen LogP) is -2.11. The maximum absolute atomic E-state index is 14.3. The number of nitrogens with one attached hydrogen (secondary N) is 10. The van der Waals surface area contributed by atoms with Crippen molar-refractivity contribution < 1.29 is 63.3 Å². The van der Waals surface area contributed by atoms with E-state index in [0.717, 1.165) is 12.8 Å². The topological polar surface area (TPSA) is 378 Å². The number of benzene rings is 3. The fourth-order valence-electron chi connectivity index (χ4n) is 7.73. The zero-order valence-corrected chi connectivity index (χ0v) is 44.6. The minimum Gasteiger partial charge on any atom is -0.508 e. The van der Waals surface area contributed by atoms with Crippen LogP contribution in [-0.2, 0) is 67.2 Å². The van der Waals surface area contributed by atoms with Crippen LogP contribution in [-0.4, -0.2) is 156 Å². The van der Waals surface area contributed by atoms with Gasteiger partial charge in [0, 0.05) is 26.3 Å². The third-order valence-corrected chi connectivity index (χ3v) is 12.3. The van der Waals surface area contributed by atoms with Gasteiger partial charge in [0.15, 0.2) is 0 Å². The number of amides is 10. The fraction of sp³-hybridized carbons (Fsp3) is 0.481. The highest BCUT2D eigenvalue weighted by Gasteiger charge is 2.33. The molecule has 3 aromatic rings. The van der Waals surface area contributed by atoms with Crippen molar-refractivity contribution in [3.05, 3.63) is 102 Å². The molecule has 0 aromatic heterocycles. The summed E-state index contributed by atoms with van der Waals surface area (Å²) in [5.74, 6) is -7.84. The molecule has 15 N–H and O–H groups in total. The number of phenolic OH excluding ortho intramolecular Hbond substituents is 1. The Bertz CT molecular complexity index is 2430. The van der Waals surface area contributed by atoms with Gasteiger partial charge in [-0.25, -0.2) is 0 Å². The summed E-state index contributed by atoms with van der Waals surface area (Å²) in [4.78, 5) is 133. The number of aromatic hydroxyl groups is 1. The molecule has 24 nitrogen and oxygen atoms in total. The van der Waals surface area contributed by atoms with E-state index >= 15 is 0 Å². The number of unbranched alkanes of at least 4 members (excludes halogenated alkanes) is 3. The number of carbonyl (C=O) groups is 10. The average molecular weight is 1090 g/mol. The Morgan fingerprint density at radius 3 is 1.35 bits per heavy atom. The Labute approximate surface area is 454 Å². The van der Waals surface area contributed by atoms with Crippen LogP contribution >= 0.6 is 0 Å². The number of aliphatic hydroxyl groups excluding tert-OH is 2. The summed E-state index contributed by atoms with van der Waals surface area (Å²) in [6.45, 7) is 2.33. The van der Waals surface area contributed by atoms with Crippen molar-refractivity contribution in [1.29, 1.82) is 0 Å². The number of nitrogens with two attached hydrogens (primary N) is 1. The summed E-state index contributed by atoms with van der Waals surface area (Å²) in [5, 5.41) is 54.9. The molecule has 3 aromatic carbocycles. The summed E-state index contributed by atoms with van der Waals surface area (Å²) in [7, 11) is 1.45. The number of carbonyl (C=O) groups excluding carboxylic acids is 10. The number of rotatable bonds is 34. The molecule has 0 heterocycles. The second-order valence-electron chi connectivity index (χ2n) is 18.6. The summed E-state index contributed by atoms with van der Waals surface area (Å²) in [5.41, 5.74) is 7.64. The van der Waals surface area contributed by atoms with Crippen LogP contribution in [0.5, 0.6) is 5.75 Å². The summed E-state index contributed by atoms with van der Waals surface area (Å²) < 4.78 is 0. The molecule has 0 spiro atoms. The number of hydrogen-bond acceptors (Lipinski definition) is 14. The summed E-state index contributed by atoms with van der Waals surface area (Å²) in [6, 6.07) is 14.1. The highest BCUT2D eigenvalue weighted by Crippen LogP contribution is 2.13. The lowest BCUT2D eigenvalue weighted by Gasteiger charge is -2.26. The predicted molar refractivity (Wildman–Crippen MR) is 287 cm³/mol. The summed E-state index contributed by atoms with van der Waals surface area (Å²) in [6.07, 6.45) is 2.61. The van der Waals surface area contributed by atoms with Gasteiger partial charge in [-0.2, -0.15) is 0 Å². The quantitative estimate of drug-likeness (QED) is 0.0285. The molecule has 24 heteroatoms. The SMILES string of the molecule is CCCCCC(NC(=O)CNC(=O)C(CCCC)NC(=O)C(CO)NC(=O)CNC(=O)CNC(=O)C(Cc1ccc(O)cc1)NC(=O)C(Cc1ccccc1)NC(=O)C(Cc1ccccc1)NC(=O)C(N)C(C)O)C(=O)NC. The van der Waals surface area contributed by atoms with Crippen molar-refractivity contribution in [2.45, 2.75) is 133 Å². The van der Waals surface area contributed by atoms with E-state index in [0.29, 0.717) is 42.4 Å². The first-order valence-corrected chi connectivity index (χ1v) is 26.0. The normalized spacial score (nSPS) is 13.9. The molecular formula is C54H77N11O13. The van der Waals surface area contributed by atoms with E-state index in [4.69, 9.17) is 5.73 Å². The monoisotopic (exact) mass is 1090 g/mol. The van der Waals surface area contributed by atoms with E-state index < -0.39 is 128 Å². The van der Waals surface area contributed by atoms with Crippen molar-refractivity contribution in [2.75, 3.05) is 33.3 Å². The fourth-order valence-corrected chi connectivity index (χ4v) is 7.73. The first kappa shape index (κ1) is 64.3. The maximum Gasteiger partial charge on any atom is 0.245 e. The summed E-state index contributed by atoms with van der Waals surface area (Å²) >= 11 is 0. The molecule has 3 rings (SSSR count). The van der Waals surface area contributed by atoms with Crippen molar-refractivity contribution in [3.8, 4) is 5.75 Å². The van der Waals surface area contributed by atoms with Crippen molar-refractivity contribution >= 4 is 59.1 Å². The second-order valence-corrected chi connectivity index (χ2v) is 18.6. The van der Waals surface area contributed by atoms with Gasteiger partial charge in [0.2, 0.25) is 59.1 Å². The average Bonchev–Trinajstić information content (AvgIpc) is 3.43. The number of likely N-dealkylation sites (N-methyl/N-ethyl adjacent to an activating group) is 1. The lowest BCUT2D eigenvalue weighted by Crippen LogP contribution is -2.59. The first-order valence-electron chi connectivity index (χ1n) is 26.0. The van der Waals surface area contributed by atoms with Gasteiger partial charge in [-0.1, -0.05) is 119 Å². The molecule has 0 saturated carbocycles. The third-order valence-electron chi connectivity index (χ3n) is 12.3. The molecule has 426 valence electrons. The van der Waals surface area contributed by atoms with E-state index in [1.54, 1.807) is 60.7 Å². The van der Waals surface area contributed by atoms with E-state index in [2.05, 4.69) is 53.2 Å². The molecule has 0 aliphatic rings. The lowest BCUT2D eigenvalue weighted by molar-refractivity contribution is -0.134. The Balaban J connectivity index is 1.69. The van der Waals surface area contributed by atoms with Gasteiger partial charge in [-0.05, 0) is 48.6 Å². The first-order chi connectivity index (χ1) is 37.3. The second kappa shape index (κ2) is 34.7. The lowest BCUT2D eigenvalue weighted by atomic mass is 10.0. The highest BCUT2D eigenvalue weighted by molar-refractivity contribution is 5.97. The highest BCUT2D eigenvalue weighted by atomic mass is 16.3. The molecule has 78 heavy (non-hydrogen) atoms. The number of aliphatic hydroxyl groups is 2. The number of hydrogen-bond donors (Lipinski definition) is 14. The Morgan fingerprint density at radius 2 is 0.859 bits per heavy atom. The Kier molecular flexibility index (Phi) is 28.6. The molecule has 8 unspecified atom stereocenters. The Hall–Kier alpha value is -7.96. The smallest absolute Gasteiger partial charge is 0.245 e. The molecule has 0 aliphatic heterocycles. The van der Waals surface area contributed by atoms with Crippen LogP contribution in [0, 0.1) is 0 Å². The van der Waals surface area contributed by atoms with Crippen LogP contribution < -0.4 is 58.9 Å². The molecular weight excluding hydrogens is 1010 g/mol. The maximum atomic E-state index is 14.3. The van der Waals surface area contributed by atoms with Gasteiger partial charge in [0.05, 0.1) is 32.3 Å². The van der Waals surface area contributed by atoms with Crippen LogP contribution in [0.4, 0.5) is 0 Å². The van der Waals surface area contributed by atoms with Crippen molar-refractivity contribution in [2.24, 2.45) is 5.73 Å². The zero-order valence-electron chi connectivity index (χ0n) is 44.6. The minimum atomic E-state index is -1.58. The van der Waals surface area contributed by atoms with Crippen LogP contribution in [0.1, 0.15) is 82.4 Å². The van der Waals surface area contributed by atoms with Crippen LogP contribution in [0.15, 0.2) is 84.9 Å². The molecule has 10 amide bonds. The van der Waals surface area contributed by atoms with Gasteiger partial charge >= 0.3 is 0 Å². The molecule has 0 fully saturated rings. The van der Waals surface area contributed by atoms with E-state index in [9.17, 15) is 63.3 Å². The van der Waals surface area contributed by atoms with Crippen LogP contribution in [0.25, 0.3) is 0 Å².